The summed E-state index contributed by atoms with van der Waals surface area (Å²) in [5.74, 6) is 1.03. The summed E-state index contributed by atoms with van der Waals surface area (Å²) in [6, 6.07) is 14.2. The molecule has 0 aliphatic heterocycles. The summed E-state index contributed by atoms with van der Waals surface area (Å²) in [5.41, 5.74) is 0.0662. The largest absolute Gasteiger partial charge is 0.493 e. The molecule has 110 valence electrons. The highest BCUT2D eigenvalue weighted by atomic mass is 35.5. The van der Waals surface area contributed by atoms with Crippen LogP contribution in [0.4, 0.5) is 4.39 Å². The molecule has 0 atom stereocenters. The van der Waals surface area contributed by atoms with Crippen molar-refractivity contribution < 1.29 is 13.9 Å². The Morgan fingerprint density at radius 3 is 2.24 bits per heavy atom. The van der Waals surface area contributed by atoms with E-state index >= 15 is 0 Å². The predicted octanol–water partition coefficient (Wildman–Crippen LogP) is 4.72. The van der Waals surface area contributed by atoms with Crippen molar-refractivity contribution in [1.29, 1.82) is 0 Å². The van der Waals surface area contributed by atoms with Crippen molar-refractivity contribution in [3.63, 3.8) is 0 Å². The highest BCUT2D eigenvalue weighted by molar-refractivity contribution is 6.30. The molecular weight excluding hydrogens is 291 g/mol. The second-order valence-electron chi connectivity index (χ2n) is 5.47. The number of halogens is 2. The van der Waals surface area contributed by atoms with Gasteiger partial charge in [-0.3, -0.25) is 0 Å². The van der Waals surface area contributed by atoms with Crippen LogP contribution in [0.1, 0.15) is 12.8 Å². The van der Waals surface area contributed by atoms with E-state index in [1.54, 1.807) is 6.07 Å². The van der Waals surface area contributed by atoms with E-state index in [1.807, 2.05) is 30.3 Å². The maximum atomic E-state index is 13.1. The molecule has 3 rings (SSSR count). The molecule has 0 heterocycles. The lowest BCUT2D eigenvalue weighted by Crippen LogP contribution is -2.21. The molecule has 0 unspecified atom stereocenters. The average Bonchev–Trinajstić information content (AvgIpc) is 3.28. The standard InChI is InChI=1S/C17H16ClFO2/c18-15-10-14(6-7-16(15)19)21-12-17(8-9-17)11-20-13-4-2-1-3-5-13/h1-7,10H,8-9,11-12H2. The number of hydrogen-bond acceptors (Lipinski definition) is 2. The summed E-state index contributed by atoms with van der Waals surface area (Å²) >= 11 is 5.74. The van der Waals surface area contributed by atoms with Gasteiger partial charge in [-0.2, -0.15) is 0 Å². The first-order valence-corrected chi connectivity index (χ1v) is 7.30. The van der Waals surface area contributed by atoms with Crippen molar-refractivity contribution in [3.8, 4) is 11.5 Å². The van der Waals surface area contributed by atoms with Crippen LogP contribution in [0.25, 0.3) is 0 Å². The first-order chi connectivity index (χ1) is 10.2. The number of rotatable bonds is 6. The van der Waals surface area contributed by atoms with Gasteiger partial charge >= 0.3 is 0 Å². The van der Waals surface area contributed by atoms with Crippen LogP contribution in [0, 0.1) is 11.2 Å². The van der Waals surface area contributed by atoms with Gasteiger partial charge < -0.3 is 9.47 Å². The number of benzene rings is 2. The maximum absolute atomic E-state index is 13.1. The summed E-state index contributed by atoms with van der Waals surface area (Å²) in [7, 11) is 0. The van der Waals surface area contributed by atoms with Gasteiger partial charge in [0.05, 0.1) is 18.2 Å². The fourth-order valence-electron chi connectivity index (χ4n) is 2.06. The molecule has 1 aliphatic carbocycles. The Hall–Kier alpha value is -1.74. The zero-order valence-electron chi connectivity index (χ0n) is 11.5. The minimum atomic E-state index is -0.433. The van der Waals surface area contributed by atoms with E-state index in [1.165, 1.54) is 12.1 Å². The maximum Gasteiger partial charge on any atom is 0.142 e. The molecule has 21 heavy (non-hydrogen) atoms. The first kappa shape index (κ1) is 14.2. The molecule has 0 aromatic heterocycles. The van der Waals surface area contributed by atoms with Gasteiger partial charge in [-0.25, -0.2) is 4.39 Å². The molecule has 1 fully saturated rings. The van der Waals surface area contributed by atoms with Crippen LogP contribution in [0.5, 0.6) is 11.5 Å². The fourth-order valence-corrected chi connectivity index (χ4v) is 2.23. The van der Waals surface area contributed by atoms with Gasteiger partial charge in [0.25, 0.3) is 0 Å². The minimum Gasteiger partial charge on any atom is -0.493 e. The van der Waals surface area contributed by atoms with E-state index in [2.05, 4.69) is 0 Å². The minimum absolute atomic E-state index is 0.0662. The molecule has 2 nitrogen and oxygen atoms in total. The molecule has 0 amide bonds. The summed E-state index contributed by atoms with van der Waals surface area (Å²) in [5, 5.41) is 0.0814. The summed E-state index contributed by atoms with van der Waals surface area (Å²) in [6.45, 7) is 1.19. The zero-order valence-corrected chi connectivity index (χ0v) is 12.3. The Morgan fingerprint density at radius 2 is 1.62 bits per heavy atom. The molecule has 0 bridgehead atoms. The van der Waals surface area contributed by atoms with Crippen molar-refractivity contribution in [2.24, 2.45) is 5.41 Å². The van der Waals surface area contributed by atoms with Crippen LogP contribution < -0.4 is 9.47 Å². The van der Waals surface area contributed by atoms with Crippen molar-refractivity contribution in [2.45, 2.75) is 12.8 Å². The SMILES string of the molecule is Fc1ccc(OCC2(COc3ccccc3)CC2)cc1Cl. The highest BCUT2D eigenvalue weighted by Gasteiger charge is 2.44. The van der Waals surface area contributed by atoms with Crippen molar-refractivity contribution in [1.82, 2.24) is 0 Å². The molecular formula is C17H16ClFO2. The Morgan fingerprint density at radius 1 is 0.952 bits per heavy atom. The van der Waals surface area contributed by atoms with Crippen LogP contribution in [0.2, 0.25) is 5.02 Å². The van der Waals surface area contributed by atoms with Crippen molar-refractivity contribution in [3.05, 3.63) is 59.4 Å². The van der Waals surface area contributed by atoms with Crippen molar-refractivity contribution >= 4 is 11.6 Å². The number of para-hydroxylation sites is 1. The molecule has 0 radical (unpaired) electrons. The fraction of sp³-hybridized carbons (Fsp3) is 0.294. The van der Waals surface area contributed by atoms with E-state index < -0.39 is 5.82 Å². The van der Waals surface area contributed by atoms with Crippen LogP contribution in [0.3, 0.4) is 0 Å². The zero-order chi connectivity index (χ0) is 14.7. The second-order valence-corrected chi connectivity index (χ2v) is 5.87. The average molecular weight is 307 g/mol. The van der Waals surface area contributed by atoms with E-state index in [4.69, 9.17) is 21.1 Å². The van der Waals surface area contributed by atoms with Gasteiger partial charge in [0, 0.05) is 11.5 Å². The van der Waals surface area contributed by atoms with E-state index in [0.717, 1.165) is 18.6 Å². The Balaban J connectivity index is 1.53. The lowest BCUT2D eigenvalue weighted by Gasteiger charge is -2.17. The van der Waals surface area contributed by atoms with E-state index in [9.17, 15) is 4.39 Å². The first-order valence-electron chi connectivity index (χ1n) is 6.93. The monoisotopic (exact) mass is 306 g/mol. The molecule has 4 heteroatoms. The quantitative estimate of drug-likeness (QED) is 0.769. The summed E-state index contributed by atoms with van der Waals surface area (Å²) < 4.78 is 24.6. The van der Waals surface area contributed by atoms with Gasteiger partial charge in [0.1, 0.15) is 17.3 Å². The van der Waals surface area contributed by atoms with Gasteiger partial charge in [-0.1, -0.05) is 29.8 Å². The predicted molar refractivity (Wildman–Crippen MR) is 80.5 cm³/mol. The normalized spacial score (nSPS) is 15.5. The van der Waals surface area contributed by atoms with Crippen LogP contribution >= 0.6 is 11.6 Å². The summed E-state index contributed by atoms with van der Waals surface area (Å²) in [4.78, 5) is 0. The van der Waals surface area contributed by atoms with E-state index in [-0.39, 0.29) is 10.4 Å². The van der Waals surface area contributed by atoms with Crippen LogP contribution in [-0.2, 0) is 0 Å². The van der Waals surface area contributed by atoms with Gasteiger partial charge in [-0.15, -0.1) is 0 Å². The Kier molecular flexibility index (Phi) is 4.02. The molecule has 2 aromatic carbocycles. The Labute approximate surface area is 128 Å². The highest BCUT2D eigenvalue weighted by Crippen LogP contribution is 2.46. The molecule has 1 saturated carbocycles. The second kappa shape index (κ2) is 5.94. The molecule has 0 N–H and O–H groups in total. The van der Waals surface area contributed by atoms with E-state index in [0.29, 0.717) is 19.0 Å². The van der Waals surface area contributed by atoms with Crippen LogP contribution in [0.15, 0.2) is 48.5 Å². The van der Waals surface area contributed by atoms with Crippen LogP contribution in [-0.4, -0.2) is 13.2 Å². The topological polar surface area (TPSA) is 18.5 Å². The number of hydrogen-bond donors (Lipinski definition) is 0. The summed E-state index contributed by atoms with van der Waals surface area (Å²) in [6.07, 6.45) is 2.16. The van der Waals surface area contributed by atoms with Crippen molar-refractivity contribution in [2.75, 3.05) is 13.2 Å². The molecule has 1 aliphatic rings. The molecule has 2 aromatic rings. The lowest BCUT2D eigenvalue weighted by molar-refractivity contribution is 0.160. The third-order valence-corrected chi connectivity index (χ3v) is 3.97. The molecule has 0 spiro atoms. The molecule has 0 saturated heterocycles. The third kappa shape index (κ3) is 3.67. The Bertz CT molecular complexity index is 611. The van der Waals surface area contributed by atoms with Gasteiger partial charge in [0.2, 0.25) is 0 Å². The van der Waals surface area contributed by atoms with Gasteiger partial charge in [-0.05, 0) is 37.1 Å². The smallest absolute Gasteiger partial charge is 0.142 e. The third-order valence-electron chi connectivity index (χ3n) is 3.68. The number of ether oxygens (including phenoxy) is 2. The van der Waals surface area contributed by atoms with Gasteiger partial charge in [0.15, 0.2) is 0 Å². The lowest BCUT2D eigenvalue weighted by atomic mass is 10.1.